The molecule has 0 bridgehead atoms. The van der Waals surface area contributed by atoms with Crippen molar-refractivity contribution in [2.24, 2.45) is 11.1 Å². The van der Waals surface area contributed by atoms with Crippen LogP contribution in [0.3, 0.4) is 0 Å². The highest BCUT2D eigenvalue weighted by Crippen LogP contribution is 2.22. The van der Waals surface area contributed by atoms with Gasteiger partial charge in [0.25, 0.3) is 0 Å². The zero-order valence-corrected chi connectivity index (χ0v) is 13.7. The van der Waals surface area contributed by atoms with Crippen LogP contribution in [-0.2, 0) is 23.0 Å². The van der Waals surface area contributed by atoms with E-state index in [4.69, 9.17) is 5.73 Å². The molecule has 0 atom stereocenters. The van der Waals surface area contributed by atoms with Crippen LogP contribution in [0.15, 0.2) is 23.1 Å². The molecule has 0 aliphatic heterocycles. The van der Waals surface area contributed by atoms with Crippen LogP contribution in [0.25, 0.3) is 0 Å². The van der Waals surface area contributed by atoms with Crippen molar-refractivity contribution in [2.45, 2.75) is 52.0 Å². The molecule has 0 aliphatic rings. The Hall–Kier alpha value is -0.910. The molecular formula is C15H26N2O2S. The Morgan fingerprint density at radius 1 is 1.25 bits per heavy atom. The fraction of sp³-hybridized carbons (Fsp3) is 0.600. The van der Waals surface area contributed by atoms with Gasteiger partial charge in [0, 0.05) is 13.1 Å². The highest BCUT2D eigenvalue weighted by molar-refractivity contribution is 7.89. The molecule has 0 aromatic heterocycles. The summed E-state index contributed by atoms with van der Waals surface area (Å²) in [6.45, 7) is 8.88. The maximum Gasteiger partial charge on any atom is 0.240 e. The van der Waals surface area contributed by atoms with Crippen LogP contribution in [0, 0.1) is 5.41 Å². The number of nitrogens with one attached hydrogen (secondary N) is 1. The largest absolute Gasteiger partial charge is 0.326 e. The number of rotatable bonds is 7. The molecule has 0 aliphatic carbocycles. The fourth-order valence-corrected chi connectivity index (χ4v) is 3.36. The molecule has 3 N–H and O–H groups in total. The summed E-state index contributed by atoms with van der Waals surface area (Å²) in [6.07, 6.45) is 1.59. The molecule has 0 saturated heterocycles. The molecule has 5 heteroatoms. The summed E-state index contributed by atoms with van der Waals surface area (Å²) in [6, 6.07) is 5.41. The normalized spacial score (nSPS) is 12.7. The third kappa shape index (κ3) is 4.30. The number of aryl methyl sites for hydroxylation is 1. The minimum Gasteiger partial charge on any atom is -0.326 e. The minimum absolute atomic E-state index is 0.0507. The SMILES string of the molecule is CCc1ccc(CN)cc1S(=O)(=O)NCC(C)(C)CC. The molecule has 1 aromatic carbocycles. The molecule has 0 amide bonds. The lowest BCUT2D eigenvalue weighted by atomic mass is 9.91. The smallest absolute Gasteiger partial charge is 0.240 e. The van der Waals surface area contributed by atoms with Gasteiger partial charge in [-0.25, -0.2) is 13.1 Å². The first-order chi connectivity index (χ1) is 9.25. The van der Waals surface area contributed by atoms with Crippen molar-refractivity contribution in [1.29, 1.82) is 0 Å². The molecule has 0 unspecified atom stereocenters. The Labute approximate surface area is 122 Å². The molecular weight excluding hydrogens is 272 g/mol. The van der Waals surface area contributed by atoms with Gasteiger partial charge in [-0.2, -0.15) is 0 Å². The number of nitrogens with two attached hydrogens (primary N) is 1. The van der Waals surface area contributed by atoms with Crippen LogP contribution < -0.4 is 10.5 Å². The van der Waals surface area contributed by atoms with Gasteiger partial charge in [0.1, 0.15) is 0 Å². The zero-order valence-electron chi connectivity index (χ0n) is 12.9. The van der Waals surface area contributed by atoms with Gasteiger partial charge >= 0.3 is 0 Å². The van der Waals surface area contributed by atoms with Crippen molar-refractivity contribution < 1.29 is 8.42 Å². The summed E-state index contributed by atoms with van der Waals surface area (Å²) in [5.41, 5.74) is 7.21. The lowest BCUT2D eigenvalue weighted by Crippen LogP contribution is -2.34. The summed E-state index contributed by atoms with van der Waals surface area (Å²) in [4.78, 5) is 0.356. The molecule has 1 rings (SSSR count). The van der Waals surface area contributed by atoms with Gasteiger partial charge in [0.05, 0.1) is 4.90 Å². The second-order valence-corrected chi connectivity index (χ2v) is 7.58. The Kier molecular flexibility index (Phi) is 5.74. The van der Waals surface area contributed by atoms with Crippen LogP contribution in [0.4, 0.5) is 0 Å². The van der Waals surface area contributed by atoms with Gasteiger partial charge in [0.15, 0.2) is 0 Å². The molecule has 0 fully saturated rings. The maximum absolute atomic E-state index is 12.5. The lowest BCUT2D eigenvalue weighted by Gasteiger charge is -2.23. The van der Waals surface area contributed by atoms with Crippen molar-refractivity contribution in [1.82, 2.24) is 4.72 Å². The average Bonchev–Trinajstić information content (AvgIpc) is 2.44. The standard InChI is InChI=1S/C15H26N2O2S/c1-5-13-8-7-12(10-16)9-14(13)20(18,19)17-11-15(3,4)6-2/h7-9,17H,5-6,10-11,16H2,1-4H3. The van der Waals surface area contributed by atoms with E-state index in [9.17, 15) is 8.42 Å². The van der Waals surface area contributed by atoms with Crippen LogP contribution in [0.2, 0.25) is 0 Å². The van der Waals surface area contributed by atoms with Crippen molar-refractivity contribution in [3.8, 4) is 0 Å². The average molecular weight is 298 g/mol. The predicted molar refractivity (Wildman–Crippen MR) is 83.0 cm³/mol. The summed E-state index contributed by atoms with van der Waals surface area (Å²) in [5.74, 6) is 0. The fourth-order valence-electron chi connectivity index (χ4n) is 1.76. The van der Waals surface area contributed by atoms with E-state index in [1.807, 2.05) is 32.9 Å². The third-order valence-corrected chi connectivity index (χ3v) is 5.22. The summed E-state index contributed by atoms with van der Waals surface area (Å²) in [5, 5.41) is 0. The van der Waals surface area contributed by atoms with Crippen molar-refractivity contribution in [3.05, 3.63) is 29.3 Å². The van der Waals surface area contributed by atoms with E-state index in [0.29, 0.717) is 24.4 Å². The van der Waals surface area contributed by atoms with Crippen molar-refractivity contribution in [2.75, 3.05) is 6.54 Å². The summed E-state index contributed by atoms with van der Waals surface area (Å²) in [7, 11) is -3.48. The first-order valence-electron chi connectivity index (χ1n) is 7.07. The van der Waals surface area contributed by atoms with E-state index in [1.54, 1.807) is 6.07 Å². The Morgan fingerprint density at radius 3 is 2.40 bits per heavy atom. The molecule has 114 valence electrons. The van der Waals surface area contributed by atoms with E-state index in [2.05, 4.69) is 11.6 Å². The highest BCUT2D eigenvalue weighted by Gasteiger charge is 2.22. The topological polar surface area (TPSA) is 72.2 Å². The molecule has 0 radical (unpaired) electrons. The first-order valence-corrected chi connectivity index (χ1v) is 8.55. The van der Waals surface area contributed by atoms with E-state index in [-0.39, 0.29) is 5.41 Å². The van der Waals surface area contributed by atoms with Gasteiger partial charge < -0.3 is 5.73 Å². The number of hydrogen-bond donors (Lipinski definition) is 2. The third-order valence-electron chi connectivity index (χ3n) is 3.74. The van der Waals surface area contributed by atoms with E-state index in [1.165, 1.54) is 0 Å². The maximum atomic E-state index is 12.5. The number of hydrogen-bond acceptors (Lipinski definition) is 3. The number of sulfonamides is 1. The molecule has 1 aromatic rings. The van der Waals surface area contributed by atoms with E-state index < -0.39 is 10.0 Å². The Balaban J connectivity index is 3.08. The van der Waals surface area contributed by atoms with E-state index in [0.717, 1.165) is 17.5 Å². The molecule has 0 spiro atoms. The molecule has 0 heterocycles. The van der Waals surface area contributed by atoms with Crippen LogP contribution >= 0.6 is 0 Å². The van der Waals surface area contributed by atoms with Gasteiger partial charge in [0.2, 0.25) is 10.0 Å². The zero-order chi connectivity index (χ0) is 15.4. The van der Waals surface area contributed by atoms with Crippen LogP contribution in [0.5, 0.6) is 0 Å². The monoisotopic (exact) mass is 298 g/mol. The predicted octanol–water partition coefficient (Wildman–Crippen LogP) is 2.42. The van der Waals surface area contributed by atoms with Crippen molar-refractivity contribution >= 4 is 10.0 Å². The highest BCUT2D eigenvalue weighted by atomic mass is 32.2. The summed E-state index contributed by atoms with van der Waals surface area (Å²) >= 11 is 0. The Bertz CT molecular complexity index is 551. The second-order valence-electron chi connectivity index (χ2n) is 5.84. The Morgan fingerprint density at radius 2 is 1.90 bits per heavy atom. The van der Waals surface area contributed by atoms with Crippen LogP contribution in [0.1, 0.15) is 45.2 Å². The van der Waals surface area contributed by atoms with Gasteiger partial charge in [-0.3, -0.25) is 0 Å². The van der Waals surface area contributed by atoms with Crippen molar-refractivity contribution in [3.63, 3.8) is 0 Å². The second kappa shape index (κ2) is 6.70. The van der Waals surface area contributed by atoms with Gasteiger partial charge in [-0.1, -0.05) is 39.8 Å². The molecule has 4 nitrogen and oxygen atoms in total. The molecule has 0 saturated carbocycles. The lowest BCUT2D eigenvalue weighted by molar-refractivity contribution is 0.350. The van der Waals surface area contributed by atoms with E-state index >= 15 is 0 Å². The van der Waals surface area contributed by atoms with Gasteiger partial charge in [-0.15, -0.1) is 0 Å². The molecule has 20 heavy (non-hydrogen) atoms. The van der Waals surface area contributed by atoms with Gasteiger partial charge in [-0.05, 0) is 35.4 Å². The van der Waals surface area contributed by atoms with Crippen LogP contribution in [-0.4, -0.2) is 15.0 Å². The minimum atomic E-state index is -3.48. The first kappa shape index (κ1) is 17.1. The summed E-state index contributed by atoms with van der Waals surface area (Å²) < 4.78 is 27.7. The quantitative estimate of drug-likeness (QED) is 0.812. The number of benzene rings is 1.